The topological polar surface area (TPSA) is 93.9 Å². The van der Waals surface area contributed by atoms with E-state index in [9.17, 15) is 19.3 Å². The van der Waals surface area contributed by atoms with Crippen LogP contribution in [0.5, 0.6) is 11.5 Å². The average molecular weight is 445 g/mol. The van der Waals surface area contributed by atoms with Gasteiger partial charge in [0.15, 0.2) is 0 Å². The molecule has 1 aliphatic heterocycles. The summed E-state index contributed by atoms with van der Waals surface area (Å²) in [7, 11) is 3.28. The third-order valence-corrected chi connectivity index (χ3v) is 5.76. The van der Waals surface area contributed by atoms with Gasteiger partial charge in [-0.2, -0.15) is 0 Å². The van der Waals surface area contributed by atoms with E-state index in [4.69, 9.17) is 9.47 Å². The molecule has 0 atom stereocenters. The number of nitrogens with zero attached hydrogens (tertiary/aromatic N) is 2. The van der Waals surface area contributed by atoms with E-state index in [1.165, 1.54) is 11.6 Å². The zero-order chi connectivity index (χ0) is 23.1. The molecule has 0 spiro atoms. The maximum absolute atomic E-state index is 13.3. The molecular formula is C23H28FN3O5. The van der Waals surface area contributed by atoms with Crippen LogP contribution in [0.15, 0.2) is 36.4 Å². The zero-order valence-corrected chi connectivity index (χ0v) is 18.3. The molecular weight excluding hydrogens is 417 g/mol. The molecule has 8 nitrogen and oxygen atoms in total. The van der Waals surface area contributed by atoms with Gasteiger partial charge in [0.25, 0.3) is 5.69 Å². The van der Waals surface area contributed by atoms with Crippen molar-refractivity contribution in [2.75, 3.05) is 39.2 Å². The number of anilines is 1. The Morgan fingerprint density at radius 2 is 1.81 bits per heavy atom. The largest absolute Gasteiger partial charge is 0.497 e. The molecule has 172 valence electrons. The Kier molecular flexibility index (Phi) is 7.99. The second kappa shape index (κ2) is 10.9. The van der Waals surface area contributed by atoms with Crippen molar-refractivity contribution in [3.8, 4) is 11.5 Å². The zero-order valence-electron chi connectivity index (χ0n) is 18.3. The molecule has 0 saturated carbocycles. The molecule has 1 aliphatic rings. The van der Waals surface area contributed by atoms with Crippen LogP contribution < -0.4 is 14.8 Å². The lowest BCUT2D eigenvalue weighted by molar-refractivity contribution is -0.384. The van der Waals surface area contributed by atoms with Gasteiger partial charge in [0, 0.05) is 6.07 Å². The number of nitrogens with one attached hydrogen (secondary N) is 1. The number of carbonyl (C=O) groups is 1. The predicted octanol–water partition coefficient (Wildman–Crippen LogP) is 4.03. The second-order valence-corrected chi connectivity index (χ2v) is 7.95. The van der Waals surface area contributed by atoms with Gasteiger partial charge in [-0.25, -0.2) is 4.39 Å². The molecule has 0 aromatic heterocycles. The van der Waals surface area contributed by atoms with E-state index in [0.717, 1.165) is 62.4 Å². The van der Waals surface area contributed by atoms with Crippen LogP contribution in [0.2, 0.25) is 0 Å². The van der Waals surface area contributed by atoms with Crippen LogP contribution in [0.1, 0.15) is 24.8 Å². The normalized spacial score (nSPS) is 14.7. The standard InChI is InChI=1S/C23H28FN3O5/c1-31-19-11-17(12-20(14-19)32-2)4-3-16-7-9-26(10-8-16)15-23(28)25-21-6-5-18(24)13-22(21)27(29)30/h5-6,11-14,16H,3-4,7-10,15H2,1-2H3,(H,25,28). The van der Waals surface area contributed by atoms with Crippen LogP contribution in [0.25, 0.3) is 0 Å². The minimum Gasteiger partial charge on any atom is -0.497 e. The minimum atomic E-state index is -0.718. The highest BCUT2D eigenvalue weighted by Gasteiger charge is 2.22. The molecule has 3 rings (SSSR count). The third kappa shape index (κ3) is 6.40. The van der Waals surface area contributed by atoms with Gasteiger partial charge >= 0.3 is 0 Å². The molecule has 1 saturated heterocycles. The monoisotopic (exact) mass is 445 g/mol. The smallest absolute Gasteiger partial charge is 0.295 e. The first-order chi connectivity index (χ1) is 15.4. The molecule has 0 aliphatic carbocycles. The Morgan fingerprint density at radius 1 is 1.16 bits per heavy atom. The van der Waals surface area contributed by atoms with Crippen LogP contribution >= 0.6 is 0 Å². The van der Waals surface area contributed by atoms with Gasteiger partial charge in [-0.15, -0.1) is 0 Å². The number of nitro groups is 1. The lowest BCUT2D eigenvalue weighted by Gasteiger charge is -2.31. The number of rotatable bonds is 9. The minimum absolute atomic E-state index is 0.00463. The number of hydrogen-bond donors (Lipinski definition) is 1. The SMILES string of the molecule is COc1cc(CCC2CCN(CC(=O)Nc3ccc(F)cc3[N+](=O)[O-])CC2)cc(OC)c1. The molecule has 9 heteroatoms. The lowest BCUT2D eigenvalue weighted by atomic mass is 9.90. The molecule has 1 fully saturated rings. The summed E-state index contributed by atoms with van der Waals surface area (Å²) < 4.78 is 23.9. The van der Waals surface area contributed by atoms with Crippen LogP contribution in [-0.2, 0) is 11.2 Å². The van der Waals surface area contributed by atoms with E-state index in [1.54, 1.807) is 14.2 Å². The number of amides is 1. The van der Waals surface area contributed by atoms with Crippen molar-refractivity contribution in [1.82, 2.24) is 4.90 Å². The third-order valence-electron chi connectivity index (χ3n) is 5.76. The van der Waals surface area contributed by atoms with Gasteiger partial charge in [-0.3, -0.25) is 19.8 Å². The number of methoxy groups -OCH3 is 2. The van der Waals surface area contributed by atoms with Gasteiger partial charge in [-0.1, -0.05) is 0 Å². The van der Waals surface area contributed by atoms with Crippen LogP contribution in [-0.4, -0.2) is 49.6 Å². The fourth-order valence-corrected chi connectivity index (χ4v) is 3.97. The Morgan fingerprint density at radius 3 is 2.41 bits per heavy atom. The maximum atomic E-state index is 13.3. The number of hydrogen-bond acceptors (Lipinski definition) is 6. The summed E-state index contributed by atoms with van der Waals surface area (Å²) in [5.41, 5.74) is 0.722. The molecule has 0 radical (unpaired) electrons. The van der Waals surface area contributed by atoms with Gasteiger partial charge in [0.1, 0.15) is 23.0 Å². The highest BCUT2D eigenvalue weighted by Crippen LogP contribution is 2.28. The van der Waals surface area contributed by atoms with Gasteiger partial charge < -0.3 is 14.8 Å². The van der Waals surface area contributed by atoms with Crippen molar-refractivity contribution in [1.29, 1.82) is 0 Å². The average Bonchev–Trinajstić information content (AvgIpc) is 2.79. The lowest BCUT2D eigenvalue weighted by Crippen LogP contribution is -2.39. The van der Waals surface area contributed by atoms with Gasteiger partial charge in [-0.05, 0) is 74.5 Å². The number of nitro benzene ring substituents is 1. The summed E-state index contributed by atoms with van der Waals surface area (Å²) in [6.07, 6.45) is 3.92. The summed E-state index contributed by atoms with van der Waals surface area (Å²) in [4.78, 5) is 24.8. The number of ether oxygens (including phenoxy) is 2. The van der Waals surface area contributed by atoms with Gasteiger partial charge in [0.05, 0.1) is 31.8 Å². The molecule has 2 aromatic rings. The molecule has 1 N–H and O–H groups in total. The second-order valence-electron chi connectivity index (χ2n) is 7.95. The summed E-state index contributed by atoms with van der Waals surface area (Å²) in [6, 6.07) is 9.01. The summed E-state index contributed by atoms with van der Waals surface area (Å²) >= 11 is 0. The van der Waals surface area contributed by atoms with E-state index < -0.39 is 16.4 Å². The highest BCUT2D eigenvalue weighted by molar-refractivity contribution is 5.94. The van der Waals surface area contributed by atoms with Gasteiger partial charge in [0.2, 0.25) is 5.91 Å². The fourth-order valence-electron chi connectivity index (χ4n) is 3.97. The number of aryl methyl sites for hydroxylation is 1. The van der Waals surface area contributed by atoms with Crippen LogP contribution in [0.3, 0.4) is 0 Å². The Balaban J connectivity index is 1.46. The van der Waals surface area contributed by atoms with E-state index >= 15 is 0 Å². The Labute approximate surface area is 186 Å². The first-order valence-electron chi connectivity index (χ1n) is 10.6. The van der Waals surface area contributed by atoms with Crippen molar-refractivity contribution < 1.29 is 23.6 Å². The molecule has 0 bridgehead atoms. The molecule has 2 aromatic carbocycles. The fraction of sp³-hybridized carbons (Fsp3) is 0.435. The number of piperidine rings is 1. The van der Waals surface area contributed by atoms with E-state index in [-0.39, 0.29) is 18.1 Å². The summed E-state index contributed by atoms with van der Waals surface area (Å²) in [6.45, 7) is 1.71. The van der Waals surface area contributed by atoms with E-state index in [2.05, 4.69) is 5.32 Å². The number of carbonyl (C=O) groups excluding carboxylic acids is 1. The maximum Gasteiger partial charge on any atom is 0.295 e. The predicted molar refractivity (Wildman–Crippen MR) is 119 cm³/mol. The number of halogens is 1. The molecule has 0 unspecified atom stereocenters. The van der Waals surface area contributed by atoms with E-state index in [0.29, 0.717) is 5.92 Å². The number of likely N-dealkylation sites (tertiary alicyclic amines) is 1. The van der Waals surface area contributed by atoms with Crippen molar-refractivity contribution in [3.05, 3.63) is 57.9 Å². The Bertz CT molecular complexity index is 938. The van der Waals surface area contributed by atoms with Crippen molar-refractivity contribution in [3.63, 3.8) is 0 Å². The summed E-state index contributed by atoms with van der Waals surface area (Å²) in [5, 5.41) is 13.6. The van der Waals surface area contributed by atoms with Crippen molar-refractivity contribution in [2.45, 2.75) is 25.7 Å². The Hall–Kier alpha value is -3.20. The van der Waals surface area contributed by atoms with Crippen molar-refractivity contribution >= 4 is 17.3 Å². The quantitative estimate of drug-likeness (QED) is 0.463. The van der Waals surface area contributed by atoms with Crippen LogP contribution in [0.4, 0.5) is 15.8 Å². The molecule has 1 heterocycles. The summed E-state index contributed by atoms with van der Waals surface area (Å²) in [5.74, 6) is 1.05. The first kappa shape index (κ1) is 23.5. The van der Waals surface area contributed by atoms with Crippen LogP contribution in [0, 0.1) is 21.8 Å². The van der Waals surface area contributed by atoms with Crippen molar-refractivity contribution in [2.24, 2.45) is 5.92 Å². The molecule has 32 heavy (non-hydrogen) atoms. The highest BCUT2D eigenvalue weighted by atomic mass is 19.1. The van der Waals surface area contributed by atoms with E-state index in [1.807, 2.05) is 23.1 Å². The molecule has 1 amide bonds. The number of benzene rings is 2. The first-order valence-corrected chi connectivity index (χ1v) is 10.6.